The van der Waals surface area contributed by atoms with E-state index in [9.17, 15) is 14.4 Å². The quantitative estimate of drug-likeness (QED) is 0.772. The van der Waals surface area contributed by atoms with Crippen LogP contribution in [0.4, 0.5) is 0 Å². The van der Waals surface area contributed by atoms with Gasteiger partial charge < -0.3 is 24.7 Å². The number of carbonyl (C=O) groups is 3. The molecule has 2 N–H and O–H groups in total. The van der Waals surface area contributed by atoms with Crippen LogP contribution in [-0.4, -0.2) is 54.2 Å². The number of nitrogens with one attached hydrogen (secondary N) is 2. The molecule has 1 aliphatic rings. The van der Waals surface area contributed by atoms with Crippen LogP contribution in [0.1, 0.15) is 16.9 Å². The third kappa shape index (κ3) is 3.24. The highest BCUT2D eigenvalue weighted by Gasteiger charge is 2.35. The fraction of sp³-hybridized carbons (Fsp3) is 0.333. The maximum atomic E-state index is 12.3. The van der Waals surface area contributed by atoms with Crippen molar-refractivity contribution in [1.82, 2.24) is 15.2 Å². The zero-order valence-corrected chi connectivity index (χ0v) is 14.2. The minimum Gasteiger partial charge on any atom is -0.496 e. The van der Waals surface area contributed by atoms with Crippen molar-refractivity contribution in [3.63, 3.8) is 0 Å². The molecular formula is C18H18N4O4. The Hall–Kier alpha value is -3.34. The Labute approximate surface area is 149 Å². The van der Waals surface area contributed by atoms with Crippen molar-refractivity contribution >= 4 is 29.0 Å². The summed E-state index contributed by atoms with van der Waals surface area (Å²) in [6.07, 6.45) is 1.09. The number of aldehydes is 1. The highest BCUT2D eigenvalue weighted by Crippen LogP contribution is 2.26. The first-order valence-corrected chi connectivity index (χ1v) is 8.15. The lowest BCUT2D eigenvalue weighted by Gasteiger charge is -2.19. The highest BCUT2D eigenvalue weighted by molar-refractivity contribution is 6.00. The summed E-state index contributed by atoms with van der Waals surface area (Å²) in [5.41, 5.74) is 1.06. The van der Waals surface area contributed by atoms with Crippen LogP contribution in [0.5, 0.6) is 5.75 Å². The first kappa shape index (κ1) is 17.5. The summed E-state index contributed by atoms with van der Waals surface area (Å²) in [4.78, 5) is 39.8. The Kier molecular flexibility index (Phi) is 4.89. The molecule has 0 aliphatic carbocycles. The van der Waals surface area contributed by atoms with Crippen molar-refractivity contribution in [2.75, 3.05) is 20.2 Å². The fourth-order valence-electron chi connectivity index (χ4n) is 3.15. The number of methoxy groups -OCH3 is 1. The molecule has 8 nitrogen and oxygen atoms in total. The molecule has 1 aliphatic heterocycles. The van der Waals surface area contributed by atoms with E-state index in [1.54, 1.807) is 19.2 Å². The molecule has 0 radical (unpaired) electrons. The summed E-state index contributed by atoms with van der Waals surface area (Å²) in [7, 11) is 1.55. The van der Waals surface area contributed by atoms with Crippen LogP contribution < -0.4 is 10.1 Å². The monoisotopic (exact) mass is 354 g/mol. The smallest absolute Gasteiger partial charge is 0.268 e. The molecule has 2 unspecified atom stereocenters. The molecule has 3 rings (SSSR count). The Bertz CT molecular complexity index is 898. The molecule has 1 aromatic heterocycles. The second kappa shape index (κ2) is 7.27. The van der Waals surface area contributed by atoms with Gasteiger partial charge >= 0.3 is 0 Å². The number of H-pyrrole nitrogens is 1. The predicted octanol–water partition coefficient (Wildman–Crippen LogP) is 0.846. The minimum atomic E-state index is -0.632. The molecule has 1 saturated heterocycles. The van der Waals surface area contributed by atoms with Crippen LogP contribution in [0.2, 0.25) is 0 Å². The number of amides is 2. The Morgan fingerprint density at radius 3 is 3.00 bits per heavy atom. The van der Waals surface area contributed by atoms with E-state index >= 15 is 0 Å². The zero-order chi connectivity index (χ0) is 18.7. The summed E-state index contributed by atoms with van der Waals surface area (Å²) in [6.45, 7) is -0.0326. The summed E-state index contributed by atoms with van der Waals surface area (Å²) < 4.78 is 5.26. The van der Waals surface area contributed by atoms with Gasteiger partial charge in [0.1, 0.15) is 23.8 Å². The Morgan fingerprint density at radius 2 is 2.31 bits per heavy atom. The number of nitrogens with zero attached hydrogens (tertiary/aromatic N) is 2. The summed E-state index contributed by atoms with van der Waals surface area (Å²) in [5.74, 6) is -0.512. The van der Waals surface area contributed by atoms with Crippen molar-refractivity contribution in [1.29, 1.82) is 5.26 Å². The average Bonchev–Trinajstić information content (AvgIpc) is 3.29. The first-order valence-electron chi connectivity index (χ1n) is 8.15. The van der Waals surface area contributed by atoms with Crippen molar-refractivity contribution < 1.29 is 19.1 Å². The number of benzene rings is 1. The first-order chi connectivity index (χ1) is 12.6. The molecule has 1 fully saturated rings. The molecule has 1 aromatic carbocycles. The SMILES string of the molecule is COc1cccc2[nH]c(C(=O)NCC(=O)N3CC(C=O)CC3C#N)cc12. The van der Waals surface area contributed by atoms with Gasteiger partial charge in [-0.25, -0.2) is 0 Å². The second-order valence-corrected chi connectivity index (χ2v) is 6.11. The standard InChI is InChI=1S/C18H18N4O4/c1-26-16-4-2-3-14-13(16)6-15(21-14)18(25)20-8-17(24)22-9-11(10-23)5-12(22)7-19/h2-4,6,10-12,21H,5,8-9H2,1H3,(H,20,25). The maximum Gasteiger partial charge on any atom is 0.268 e. The molecule has 0 bridgehead atoms. The zero-order valence-electron chi connectivity index (χ0n) is 14.2. The number of aromatic nitrogens is 1. The average molecular weight is 354 g/mol. The number of aromatic amines is 1. The van der Waals surface area contributed by atoms with Crippen LogP contribution in [0, 0.1) is 17.2 Å². The van der Waals surface area contributed by atoms with Crippen LogP contribution in [0.25, 0.3) is 10.9 Å². The van der Waals surface area contributed by atoms with Gasteiger partial charge in [-0.2, -0.15) is 5.26 Å². The molecule has 0 saturated carbocycles. The molecule has 2 heterocycles. The van der Waals surface area contributed by atoms with Gasteiger partial charge in [-0.1, -0.05) is 6.07 Å². The Morgan fingerprint density at radius 1 is 1.50 bits per heavy atom. The minimum absolute atomic E-state index is 0.208. The molecule has 8 heteroatoms. The molecule has 0 spiro atoms. The molecule has 2 aromatic rings. The van der Waals surface area contributed by atoms with Gasteiger partial charge in [-0.15, -0.1) is 0 Å². The van der Waals surface area contributed by atoms with Crippen LogP contribution in [0.15, 0.2) is 24.3 Å². The number of hydrogen-bond donors (Lipinski definition) is 2. The molecule has 2 atom stereocenters. The van der Waals surface area contributed by atoms with Gasteiger partial charge in [0, 0.05) is 23.4 Å². The van der Waals surface area contributed by atoms with E-state index in [0.29, 0.717) is 17.9 Å². The lowest BCUT2D eigenvalue weighted by atomic mass is 10.1. The molecule has 26 heavy (non-hydrogen) atoms. The van der Waals surface area contributed by atoms with Crippen molar-refractivity contribution in [2.24, 2.45) is 5.92 Å². The number of rotatable bonds is 5. The number of nitriles is 1. The number of ether oxygens (including phenoxy) is 1. The third-order valence-electron chi connectivity index (χ3n) is 4.48. The van der Waals surface area contributed by atoms with Gasteiger partial charge in [0.25, 0.3) is 5.91 Å². The summed E-state index contributed by atoms with van der Waals surface area (Å²) >= 11 is 0. The number of carbonyl (C=O) groups excluding carboxylic acids is 3. The van der Waals surface area contributed by atoms with Gasteiger partial charge in [0.15, 0.2) is 0 Å². The number of likely N-dealkylation sites (tertiary alicyclic amines) is 1. The second-order valence-electron chi connectivity index (χ2n) is 6.11. The van der Waals surface area contributed by atoms with Crippen LogP contribution >= 0.6 is 0 Å². The summed E-state index contributed by atoms with van der Waals surface area (Å²) in [6, 6.07) is 8.47. The van der Waals surface area contributed by atoms with E-state index in [1.165, 1.54) is 4.90 Å². The third-order valence-corrected chi connectivity index (χ3v) is 4.48. The van der Waals surface area contributed by atoms with Crippen LogP contribution in [-0.2, 0) is 9.59 Å². The van der Waals surface area contributed by atoms with E-state index in [4.69, 9.17) is 10.00 Å². The van der Waals surface area contributed by atoms with Crippen LogP contribution in [0.3, 0.4) is 0 Å². The maximum absolute atomic E-state index is 12.3. The lowest BCUT2D eigenvalue weighted by molar-refractivity contribution is -0.130. The van der Waals surface area contributed by atoms with Crippen molar-refractivity contribution in [3.8, 4) is 11.8 Å². The molecule has 2 amide bonds. The normalized spacial score (nSPS) is 19.2. The van der Waals surface area contributed by atoms with E-state index < -0.39 is 11.9 Å². The Balaban J connectivity index is 1.66. The number of fused-ring (bicyclic) bond motifs is 1. The summed E-state index contributed by atoms with van der Waals surface area (Å²) in [5, 5.41) is 12.4. The topological polar surface area (TPSA) is 115 Å². The van der Waals surface area contributed by atoms with Crippen molar-refractivity contribution in [3.05, 3.63) is 30.0 Å². The lowest BCUT2D eigenvalue weighted by Crippen LogP contribution is -2.42. The number of hydrogen-bond acceptors (Lipinski definition) is 5. The van der Waals surface area contributed by atoms with Crippen molar-refractivity contribution in [2.45, 2.75) is 12.5 Å². The fourth-order valence-corrected chi connectivity index (χ4v) is 3.15. The largest absolute Gasteiger partial charge is 0.496 e. The highest BCUT2D eigenvalue weighted by atomic mass is 16.5. The molecular weight excluding hydrogens is 336 g/mol. The van der Waals surface area contributed by atoms with Gasteiger partial charge in [0.2, 0.25) is 5.91 Å². The van der Waals surface area contributed by atoms with E-state index in [1.807, 2.05) is 18.2 Å². The molecule has 134 valence electrons. The van der Waals surface area contributed by atoms with E-state index in [-0.39, 0.29) is 24.9 Å². The van der Waals surface area contributed by atoms with Gasteiger partial charge in [0.05, 0.1) is 19.7 Å². The van der Waals surface area contributed by atoms with E-state index in [0.717, 1.165) is 17.2 Å². The van der Waals surface area contributed by atoms with Gasteiger partial charge in [-0.3, -0.25) is 9.59 Å². The van der Waals surface area contributed by atoms with Gasteiger partial charge in [-0.05, 0) is 24.6 Å². The van der Waals surface area contributed by atoms with E-state index in [2.05, 4.69) is 10.3 Å². The predicted molar refractivity (Wildman–Crippen MR) is 92.5 cm³/mol.